The summed E-state index contributed by atoms with van der Waals surface area (Å²) in [6.45, 7) is 4.55. The van der Waals surface area contributed by atoms with Crippen molar-refractivity contribution in [1.82, 2.24) is 15.5 Å². The summed E-state index contributed by atoms with van der Waals surface area (Å²) in [6.07, 6.45) is 1.49. The molecule has 1 aliphatic rings. The number of aliphatic imine (C=N–C) groups is 1. The summed E-state index contributed by atoms with van der Waals surface area (Å²) in [4.78, 5) is 17.8. The predicted octanol–water partition coefficient (Wildman–Crippen LogP) is 2.51. The van der Waals surface area contributed by atoms with E-state index in [1.54, 1.807) is 13.1 Å². The molecule has 2 N–H and O–H groups in total. The molecule has 1 aromatic carbocycles. The molecule has 0 aromatic heterocycles. The summed E-state index contributed by atoms with van der Waals surface area (Å²) in [6, 6.07) is 7.56. The molecule has 8 heteroatoms. The molecule has 1 aromatic rings. The minimum Gasteiger partial charge on any atom is -0.492 e. The van der Waals surface area contributed by atoms with Crippen LogP contribution >= 0.6 is 35.6 Å². The number of carbonyl (C=O) groups excluding carboxylic acids is 1. The third kappa shape index (κ3) is 7.27. The summed E-state index contributed by atoms with van der Waals surface area (Å²) in [5.41, 5.74) is 0. The largest absolute Gasteiger partial charge is 0.492 e. The van der Waals surface area contributed by atoms with Crippen molar-refractivity contribution < 1.29 is 9.53 Å². The number of hydrogen-bond acceptors (Lipinski definition) is 3. The molecule has 1 saturated heterocycles. The van der Waals surface area contributed by atoms with Crippen LogP contribution < -0.4 is 15.4 Å². The van der Waals surface area contributed by atoms with Gasteiger partial charge in [-0.15, -0.1) is 24.0 Å². The molecule has 1 fully saturated rings. The van der Waals surface area contributed by atoms with E-state index in [1.807, 2.05) is 30.0 Å². The Bertz CT molecular complexity index is 586. The number of halogens is 2. The van der Waals surface area contributed by atoms with Crippen LogP contribution in [0.3, 0.4) is 0 Å². The first kappa shape index (κ1) is 21.8. The highest BCUT2D eigenvalue weighted by atomic mass is 127. The number of rotatable bonds is 6. The summed E-state index contributed by atoms with van der Waals surface area (Å²) in [5, 5.41) is 7.23. The van der Waals surface area contributed by atoms with Crippen molar-refractivity contribution in [3.8, 4) is 5.75 Å². The lowest BCUT2D eigenvalue weighted by Crippen LogP contribution is -2.46. The highest BCUT2D eigenvalue weighted by Crippen LogP contribution is 2.16. The molecule has 1 amide bonds. The van der Waals surface area contributed by atoms with E-state index in [1.165, 1.54) is 0 Å². The Balaban J connectivity index is 0.00000312. The van der Waals surface area contributed by atoms with Crippen LogP contribution in [0.25, 0.3) is 0 Å². The first-order valence-electron chi connectivity index (χ1n) is 8.25. The van der Waals surface area contributed by atoms with Crippen LogP contribution in [-0.2, 0) is 4.79 Å². The van der Waals surface area contributed by atoms with Gasteiger partial charge >= 0.3 is 0 Å². The van der Waals surface area contributed by atoms with E-state index in [2.05, 4.69) is 15.6 Å². The minimum absolute atomic E-state index is 0. The molecule has 6 nitrogen and oxygen atoms in total. The molecular formula is C17H26ClIN4O2. The molecule has 140 valence electrons. The van der Waals surface area contributed by atoms with Gasteiger partial charge in [0.1, 0.15) is 12.4 Å². The van der Waals surface area contributed by atoms with E-state index in [9.17, 15) is 4.79 Å². The van der Waals surface area contributed by atoms with E-state index in [4.69, 9.17) is 16.3 Å². The Morgan fingerprint density at radius 3 is 2.96 bits per heavy atom. The third-order valence-electron chi connectivity index (χ3n) is 3.87. The number of likely N-dealkylation sites (tertiary alicyclic amines) is 1. The topological polar surface area (TPSA) is 66.0 Å². The van der Waals surface area contributed by atoms with Crippen molar-refractivity contribution in [2.45, 2.75) is 25.8 Å². The normalized spacial score (nSPS) is 17.0. The van der Waals surface area contributed by atoms with Crippen LogP contribution in [0.1, 0.15) is 19.8 Å². The molecule has 1 heterocycles. The molecule has 0 bridgehead atoms. The molecule has 25 heavy (non-hydrogen) atoms. The van der Waals surface area contributed by atoms with Gasteiger partial charge in [-0.3, -0.25) is 9.79 Å². The zero-order valence-corrected chi connectivity index (χ0v) is 17.7. The van der Waals surface area contributed by atoms with Crippen molar-refractivity contribution in [2.75, 3.05) is 33.3 Å². The lowest BCUT2D eigenvalue weighted by molar-refractivity contribution is -0.129. The lowest BCUT2D eigenvalue weighted by atomic mass is 10.3. The maximum absolute atomic E-state index is 11.7. The van der Waals surface area contributed by atoms with Crippen LogP contribution in [0.4, 0.5) is 0 Å². The fourth-order valence-electron chi connectivity index (χ4n) is 2.61. The SMILES string of the molecule is CCC(=O)N1CCC(NC(=NC)NCCOc2cccc(Cl)c2)C1.I. The van der Waals surface area contributed by atoms with E-state index in [-0.39, 0.29) is 35.9 Å². The van der Waals surface area contributed by atoms with Crippen molar-refractivity contribution in [3.63, 3.8) is 0 Å². The van der Waals surface area contributed by atoms with E-state index in [0.717, 1.165) is 31.2 Å². The Morgan fingerprint density at radius 1 is 1.48 bits per heavy atom. The van der Waals surface area contributed by atoms with Gasteiger partial charge in [0, 0.05) is 37.6 Å². The maximum atomic E-state index is 11.7. The number of nitrogens with zero attached hydrogens (tertiary/aromatic N) is 2. The average molecular weight is 481 g/mol. The summed E-state index contributed by atoms with van der Waals surface area (Å²) >= 11 is 5.92. The van der Waals surface area contributed by atoms with Crippen LogP contribution in [0.5, 0.6) is 5.75 Å². The van der Waals surface area contributed by atoms with Gasteiger partial charge in [0.25, 0.3) is 0 Å². The molecule has 2 rings (SSSR count). The fourth-order valence-corrected chi connectivity index (χ4v) is 2.79. The molecular weight excluding hydrogens is 455 g/mol. The van der Waals surface area contributed by atoms with Crippen LogP contribution in [-0.4, -0.2) is 56.1 Å². The molecule has 1 aliphatic heterocycles. The molecule has 1 unspecified atom stereocenters. The summed E-state index contributed by atoms with van der Waals surface area (Å²) in [7, 11) is 1.73. The van der Waals surface area contributed by atoms with Gasteiger partial charge in [-0.05, 0) is 24.6 Å². The highest BCUT2D eigenvalue weighted by Gasteiger charge is 2.25. The maximum Gasteiger partial charge on any atom is 0.222 e. The summed E-state index contributed by atoms with van der Waals surface area (Å²) < 4.78 is 5.63. The quantitative estimate of drug-likeness (QED) is 0.284. The number of hydrogen-bond donors (Lipinski definition) is 2. The monoisotopic (exact) mass is 480 g/mol. The second-order valence-corrected chi connectivity index (χ2v) is 6.06. The smallest absolute Gasteiger partial charge is 0.222 e. The van der Waals surface area contributed by atoms with Crippen molar-refractivity contribution in [1.29, 1.82) is 0 Å². The van der Waals surface area contributed by atoms with Gasteiger partial charge in [-0.25, -0.2) is 0 Å². The highest BCUT2D eigenvalue weighted by molar-refractivity contribution is 14.0. The van der Waals surface area contributed by atoms with E-state index >= 15 is 0 Å². The number of guanidine groups is 1. The molecule has 0 saturated carbocycles. The Morgan fingerprint density at radius 2 is 2.28 bits per heavy atom. The molecule has 1 atom stereocenters. The zero-order chi connectivity index (χ0) is 17.4. The predicted molar refractivity (Wildman–Crippen MR) is 112 cm³/mol. The Hall–Kier alpha value is -1.22. The summed E-state index contributed by atoms with van der Waals surface area (Å²) in [5.74, 6) is 1.68. The average Bonchev–Trinajstić information content (AvgIpc) is 3.05. The number of ether oxygens (including phenoxy) is 1. The standard InChI is InChI=1S/C17H25ClN4O2.HI/c1-3-16(23)22-9-7-14(12-22)21-17(19-2)20-8-10-24-15-6-4-5-13(18)11-15;/h4-6,11,14H,3,7-10,12H2,1-2H3,(H2,19,20,21);1H. The van der Waals surface area contributed by atoms with E-state index < -0.39 is 0 Å². The zero-order valence-electron chi connectivity index (χ0n) is 14.6. The van der Waals surface area contributed by atoms with Crippen LogP contribution in [0.2, 0.25) is 5.02 Å². The number of nitrogens with one attached hydrogen (secondary N) is 2. The van der Waals surface area contributed by atoms with Crippen molar-refractivity contribution >= 4 is 47.4 Å². The van der Waals surface area contributed by atoms with E-state index in [0.29, 0.717) is 24.6 Å². The second kappa shape index (κ2) is 11.4. The Kier molecular flexibility index (Phi) is 9.96. The fraction of sp³-hybridized carbons (Fsp3) is 0.529. The van der Waals surface area contributed by atoms with Gasteiger partial charge in [0.05, 0.1) is 6.54 Å². The first-order chi connectivity index (χ1) is 11.6. The second-order valence-electron chi connectivity index (χ2n) is 5.63. The minimum atomic E-state index is 0. The molecule has 0 aliphatic carbocycles. The van der Waals surface area contributed by atoms with Gasteiger partial charge in [0.2, 0.25) is 5.91 Å². The van der Waals surface area contributed by atoms with Gasteiger partial charge in [-0.1, -0.05) is 24.6 Å². The molecule has 0 radical (unpaired) electrons. The first-order valence-corrected chi connectivity index (χ1v) is 8.63. The van der Waals surface area contributed by atoms with Crippen molar-refractivity contribution in [3.05, 3.63) is 29.3 Å². The van der Waals surface area contributed by atoms with Crippen LogP contribution in [0, 0.1) is 0 Å². The number of carbonyl (C=O) groups is 1. The Labute approximate surface area is 171 Å². The lowest BCUT2D eigenvalue weighted by Gasteiger charge is -2.18. The van der Waals surface area contributed by atoms with Gasteiger partial charge in [-0.2, -0.15) is 0 Å². The molecule has 0 spiro atoms. The third-order valence-corrected chi connectivity index (χ3v) is 4.10. The number of amides is 1. The van der Waals surface area contributed by atoms with Gasteiger partial charge in [0.15, 0.2) is 5.96 Å². The van der Waals surface area contributed by atoms with Gasteiger partial charge < -0.3 is 20.3 Å². The van der Waals surface area contributed by atoms with Crippen LogP contribution in [0.15, 0.2) is 29.3 Å². The van der Waals surface area contributed by atoms with Crippen molar-refractivity contribution in [2.24, 2.45) is 4.99 Å². The number of benzene rings is 1.